The van der Waals surface area contributed by atoms with Crippen molar-refractivity contribution < 1.29 is 14.6 Å². The molecule has 1 saturated carbocycles. The summed E-state index contributed by atoms with van der Waals surface area (Å²) in [5.41, 5.74) is 0. The quantitative estimate of drug-likeness (QED) is 0.594. The number of rotatable bonds is 10. The van der Waals surface area contributed by atoms with Crippen LogP contribution in [-0.4, -0.2) is 23.8 Å². The molecule has 0 aromatic heterocycles. The van der Waals surface area contributed by atoms with Crippen LogP contribution in [0.1, 0.15) is 78.1 Å². The largest absolute Gasteiger partial charge is 0.481 e. The number of aliphatic carboxylic acids is 1. The van der Waals surface area contributed by atoms with E-state index in [4.69, 9.17) is 9.84 Å². The third kappa shape index (κ3) is 6.74. The van der Waals surface area contributed by atoms with Gasteiger partial charge in [-0.15, -0.1) is 0 Å². The highest BCUT2D eigenvalue weighted by atomic mass is 16.5. The van der Waals surface area contributed by atoms with E-state index in [1.165, 1.54) is 38.5 Å². The molecule has 1 fully saturated rings. The third-order valence-electron chi connectivity index (χ3n) is 4.67. The lowest BCUT2D eigenvalue weighted by atomic mass is 9.80. The summed E-state index contributed by atoms with van der Waals surface area (Å²) in [6.45, 7) is 4.96. The van der Waals surface area contributed by atoms with E-state index in [2.05, 4.69) is 6.92 Å². The highest BCUT2D eigenvalue weighted by Gasteiger charge is 2.28. The molecule has 1 rings (SSSR count). The van der Waals surface area contributed by atoms with E-state index in [-0.39, 0.29) is 5.92 Å². The van der Waals surface area contributed by atoms with Crippen molar-refractivity contribution in [2.45, 2.75) is 84.2 Å². The van der Waals surface area contributed by atoms with E-state index in [0.29, 0.717) is 12.0 Å². The van der Waals surface area contributed by atoms with Crippen LogP contribution < -0.4 is 0 Å². The fraction of sp³-hybridized carbons (Fsp3) is 0.941. The zero-order chi connectivity index (χ0) is 14.8. The molecule has 1 unspecified atom stereocenters. The first-order valence-electron chi connectivity index (χ1n) is 8.49. The molecule has 118 valence electrons. The van der Waals surface area contributed by atoms with Crippen LogP contribution in [-0.2, 0) is 9.53 Å². The second kappa shape index (κ2) is 10.2. The van der Waals surface area contributed by atoms with Crippen molar-refractivity contribution >= 4 is 5.97 Å². The van der Waals surface area contributed by atoms with Crippen molar-refractivity contribution in [3.63, 3.8) is 0 Å². The van der Waals surface area contributed by atoms with Gasteiger partial charge in [-0.3, -0.25) is 4.79 Å². The molecular formula is C17H32O3. The molecule has 0 bridgehead atoms. The van der Waals surface area contributed by atoms with Crippen LogP contribution in [0.25, 0.3) is 0 Å². The van der Waals surface area contributed by atoms with Crippen LogP contribution in [0.4, 0.5) is 0 Å². The molecule has 0 spiro atoms. The van der Waals surface area contributed by atoms with Gasteiger partial charge in [-0.25, -0.2) is 0 Å². The molecule has 0 aliphatic heterocycles. The fourth-order valence-corrected chi connectivity index (χ4v) is 3.09. The summed E-state index contributed by atoms with van der Waals surface area (Å²) < 4.78 is 5.93. The first kappa shape index (κ1) is 17.5. The lowest BCUT2D eigenvalue weighted by molar-refractivity contribution is -0.143. The van der Waals surface area contributed by atoms with E-state index in [0.717, 1.165) is 32.3 Å². The topological polar surface area (TPSA) is 46.5 Å². The normalized spacial score (nSPS) is 24.5. The van der Waals surface area contributed by atoms with E-state index >= 15 is 0 Å². The van der Waals surface area contributed by atoms with Gasteiger partial charge in [0.1, 0.15) is 0 Å². The summed E-state index contributed by atoms with van der Waals surface area (Å²) in [4.78, 5) is 11.0. The van der Waals surface area contributed by atoms with Gasteiger partial charge in [0, 0.05) is 6.61 Å². The minimum absolute atomic E-state index is 0.200. The predicted octanol–water partition coefficient (Wildman–Crippen LogP) is 4.64. The van der Waals surface area contributed by atoms with Crippen molar-refractivity contribution in [1.82, 2.24) is 0 Å². The Morgan fingerprint density at radius 2 is 1.70 bits per heavy atom. The van der Waals surface area contributed by atoms with E-state index < -0.39 is 5.97 Å². The number of carboxylic acids is 1. The van der Waals surface area contributed by atoms with Crippen LogP contribution >= 0.6 is 0 Å². The van der Waals surface area contributed by atoms with Gasteiger partial charge >= 0.3 is 5.97 Å². The second-order valence-corrected chi connectivity index (χ2v) is 6.30. The van der Waals surface area contributed by atoms with Gasteiger partial charge in [-0.05, 0) is 38.0 Å². The van der Waals surface area contributed by atoms with Gasteiger partial charge in [-0.1, -0.05) is 46.0 Å². The number of carboxylic acid groups (broad SMARTS) is 1. The smallest absolute Gasteiger partial charge is 0.306 e. The van der Waals surface area contributed by atoms with Gasteiger partial charge < -0.3 is 9.84 Å². The zero-order valence-corrected chi connectivity index (χ0v) is 13.3. The lowest BCUT2D eigenvalue weighted by Crippen LogP contribution is -2.28. The molecule has 0 aromatic carbocycles. The molecule has 3 nitrogen and oxygen atoms in total. The van der Waals surface area contributed by atoms with Crippen molar-refractivity contribution in [3.05, 3.63) is 0 Å². The van der Waals surface area contributed by atoms with Crippen LogP contribution in [0.15, 0.2) is 0 Å². The van der Waals surface area contributed by atoms with Gasteiger partial charge in [0.2, 0.25) is 0 Å². The number of hydrogen-bond donors (Lipinski definition) is 1. The average Bonchev–Trinajstić information content (AvgIpc) is 2.46. The van der Waals surface area contributed by atoms with Crippen LogP contribution in [0.5, 0.6) is 0 Å². The summed E-state index contributed by atoms with van der Waals surface area (Å²) >= 11 is 0. The van der Waals surface area contributed by atoms with Crippen molar-refractivity contribution in [1.29, 1.82) is 0 Å². The lowest BCUT2D eigenvalue weighted by Gasteiger charge is -2.30. The highest BCUT2D eigenvalue weighted by molar-refractivity contribution is 5.69. The maximum absolute atomic E-state index is 11.0. The Labute approximate surface area is 124 Å². The van der Waals surface area contributed by atoms with Crippen LogP contribution in [0.3, 0.4) is 0 Å². The number of unbranched alkanes of at least 4 members (excludes halogenated alkanes) is 5. The molecule has 1 aliphatic rings. The molecule has 1 aliphatic carbocycles. The standard InChI is InChI=1S/C17H32O3/c1-3-4-5-6-7-8-13-20-16-11-9-15(10-12-16)14(2)17(18)19/h14-16H,3-13H2,1-2H3,(H,18,19). The summed E-state index contributed by atoms with van der Waals surface area (Å²) in [5.74, 6) is -0.502. The average molecular weight is 284 g/mol. The van der Waals surface area contributed by atoms with Crippen molar-refractivity contribution in [3.8, 4) is 0 Å². The van der Waals surface area contributed by atoms with Gasteiger partial charge in [0.25, 0.3) is 0 Å². The predicted molar refractivity (Wildman–Crippen MR) is 81.9 cm³/mol. The summed E-state index contributed by atoms with van der Waals surface area (Å²) in [6, 6.07) is 0. The Morgan fingerprint density at radius 1 is 1.10 bits per heavy atom. The molecule has 3 heteroatoms. The maximum atomic E-state index is 11.0. The molecule has 1 N–H and O–H groups in total. The van der Waals surface area contributed by atoms with Gasteiger partial charge in [0.05, 0.1) is 12.0 Å². The Morgan fingerprint density at radius 3 is 2.30 bits per heavy atom. The van der Waals surface area contributed by atoms with E-state index in [9.17, 15) is 4.79 Å². The third-order valence-corrected chi connectivity index (χ3v) is 4.67. The second-order valence-electron chi connectivity index (χ2n) is 6.30. The van der Waals surface area contributed by atoms with E-state index in [1.54, 1.807) is 0 Å². The number of carbonyl (C=O) groups is 1. The summed E-state index contributed by atoms with van der Waals surface area (Å²) in [6.07, 6.45) is 12.3. The molecule has 0 radical (unpaired) electrons. The Balaban J connectivity index is 2.01. The highest BCUT2D eigenvalue weighted by Crippen LogP contribution is 2.31. The molecule has 0 saturated heterocycles. The Bertz CT molecular complexity index is 257. The SMILES string of the molecule is CCCCCCCCOC1CCC(C(C)C(=O)O)CC1. The first-order chi connectivity index (χ1) is 9.65. The fourth-order valence-electron chi connectivity index (χ4n) is 3.09. The Kier molecular flexibility index (Phi) is 8.92. The van der Waals surface area contributed by atoms with Crippen molar-refractivity contribution in [2.75, 3.05) is 6.61 Å². The monoisotopic (exact) mass is 284 g/mol. The molecule has 0 heterocycles. The van der Waals surface area contributed by atoms with Crippen molar-refractivity contribution in [2.24, 2.45) is 11.8 Å². The maximum Gasteiger partial charge on any atom is 0.306 e. The zero-order valence-electron chi connectivity index (χ0n) is 13.3. The number of ether oxygens (including phenoxy) is 1. The first-order valence-corrected chi connectivity index (χ1v) is 8.49. The summed E-state index contributed by atoms with van der Waals surface area (Å²) in [7, 11) is 0. The molecule has 20 heavy (non-hydrogen) atoms. The minimum Gasteiger partial charge on any atom is -0.481 e. The Hall–Kier alpha value is -0.570. The minimum atomic E-state index is -0.651. The van der Waals surface area contributed by atoms with E-state index in [1.807, 2.05) is 6.92 Å². The molecule has 0 amide bonds. The molecule has 0 aromatic rings. The molecule has 1 atom stereocenters. The van der Waals surface area contributed by atoms with Crippen LogP contribution in [0.2, 0.25) is 0 Å². The number of hydrogen-bond acceptors (Lipinski definition) is 2. The molecular weight excluding hydrogens is 252 g/mol. The van der Waals surface area contributed by atoms with Crippen LogP contribution in [0, 0.1) is 11.8 Å². The summed E-state index contributed by atoms with van der Waals surface area (Å²) in [5, 5.41) is 9.03. The van der Waals surface area contributed by atoms with Gasteiger partial charge in [0.15, 0.2) is 0 Å². The van der Waals surface area contributed by atoms with Gasteiger partial charge in [-0.2, -0.15) is 0 Å².